The number of hydrogen-bond donors (Lipinski definition) is 2. The number of carbonyl (C=O) groups excluding carboxylic acids is 3. The van der Waals surface area contributed by atoms with Crippen molar-refractivity contribution in [2.75, 3.05) is 12.4 Å². The molecule has 2 amide bonds. The second-order valence-corrected chi connectivity index (χ2v) is 8.70. The third-order valence-electron chi connectivity index (χ3n) is 4.45. The van der Waals surface area contributed by atoms with E-state index in [1.807, 2.05) is 97.2 Å². The molecule has 0 saturated carbocycles. The fourth-order valence-electron chi connectivity index (χ4n) is 2.81. The van der Waals surface area contributed by atoms with Crippen LogP contribution in [-0.2, 0) is 14.3 Å². The molecule has 37 heavy (non-hydrogen) atoms. The molecule has 0 aliphatic carbocycles. The van der Waals surface area contributed by atoms with Gasteiger partial charge in [-0.25, -0.2) is 4.79 Å². The zero-order chi connectivity index (χ0) is 29.0. The number of methoxy groups -OCH3 is 1. The summed E-state index contributed by atoms with van der Waals surface area (Å²) in [5.74, 6) is -0.0887. The van der Waals surface area contributed by atoms with Gasteiger partial charge in [-0.3, -0.25) is 9.59 Å². The lowest BCUT2D eigenvalue weighted by Gasteiger charge is -2.08. The summed E-state index contributed by atoms with van der Waals surface area (Å²) in [6.07, 6.45) is 4.72. The van der Waals surface area contributed by atoms with Gasteiger partial charge in [0.2, 0.25) is 11.8 Å². The quantitative estimate of drug-likeness (QED) is 0.338. The van der Waals surface area contributed by atoms with Gasteiger partial charge in [0.25, 0.3) is 0 Å². The smallest absolute Gasteiger partial charge is 0.350 e. The molecule has 206 valence electrons. The van der Waals surface area contributed by atoms with Crippen molar-refractivity contribution in [2.24, 2.45) is 5.92 Å². The third kappa shape index (κ3) is 14.2. The Morgan fingerprint density at radius 2 is 1.62 bits per heavy atom. The van der Waals surface area contributed by atoms with Crippen molar-refractivity contribution >= 4 is 47.0 Å². The van der Waals surface area contributed by atoms with Crippen molar-refractivity contribution < 1.29 is 19.1 Å². The van der Waals surface area contributed by atoms with Crippen LogP contribution >= 0.6 is 11.3 Å². The molecule has 0 atom stereocenters. The average molecular weight is 531 g/mol. The van der Waals surface area contributed by atoms with Gasteiger partial charge in [0.05, 0.1) is 12.8 Å². The molecule has 6 nitrogen and oxygen atoms in total. The Bertz CT molecular complexity index is 1010. The lowest BCUT2D eigenvalue weighted by molar-refractivity contribution is -0.121. The van der Waals surface area contributed by atoms with E-state index in [0.717, 1.165) is 22.4 Å². The highest BCUT2D eigenvalue weighted by atomic mass is 32.1. The molecule has 1 aromatic heterocycles. The van der Waals surface area contributed by atoms with Crippen LogP contribution in [0.4, 0.5) is 5.69 Å². The molecule has 0 bridgehead atoms. The summed E-state index contributed by atoms with van der Waals surface area (Å²) in [6.45, 7) is 21.4. The summed E-state index contributed by atoms with van der Waals surface area (Å²) < 4.78 is 4.63. The molecule has 0 fully saturated rings. The summed E-state index contributed by atoms with van der Waals surface area (Å²) >= 11 is 1.27. The number of esters is 1. The second-order valence-electron chi connectivity index (χ2n) is 7.82. The summed E-state index contributed by atoms with van der Waals surface area (Å²) in [6, 6.07) is 7.96. The van der Waals surface area contributed by atoms with E-state index in [1.54, 1.807) is 6.92 Å². The SMILES string of the molecule is C=Cc1ccccc1/C=C(\C)NC(=O)CC(C)C.CC.CC.CCC(=O)Nc1c(C)csc1C(=O)OC. The molecule has 1 aromatic carbocycles. The molecule has 0 aliphatic rings. The molecular weight excluding hydrogens is 484 g/mol. The molecule has 7 heteroatoms. The molecule has 1 heterocycles. The van der Waals surface area contributed by atoms with E-state index in [2.05, 4.69) is 21.9 Å². The first-order valence-corrected chi connectivity index (χ1v) is 13.7. The number of ether oxygens (including phenoxy) is 1. The summed E-state index contributed by atoms with van der Waals surface area (Å²) in [4.78, 5) is 34.7. The Labute approximate surface area is 228 Å². The van der Waals surface area contributed by atoms with Crippen LogP contribution in [0.15, 0.2) is 41.9 Å². The molecule has 0 saturated heterocycles. The molecule has 2 N–H and O–H groups in total. The lowest BCUT2D eigenvalue weighted by atomic mass is 10.1. The first kappa shape index (κ1) is 36.0. The van der Waals surface area contributed by atoms with Crippen LogP contribution in [-0.4, -0.2) is 24.9 Å². The van der Waals surface area contributed by atoms with Gasteiger partial charge in [-0.1, -0.05) is 85.4 Å². The van der Waals surface area contributed by atoms with E-state index < -0.39 is 5.97 Å². The summed E-state index contributed by atoms with van der Waals surface area (Å²) in [5.41, 5.74) is 4.43. The Hall–Kier alpha value is -3.19. The molecule has 2 aromatic rings. The maximum atomic E-state index is 11.6. The molecule has 2 rings (SSSR count). The number of anilines is 1. The minimum atomic E-state index is -0.417. The molecule has 0 spiro atoms. The van der Waals surface area contributed by atoms with Gasteiger partial charge < -0.3 is 15.4 Å². The number of thiophene rings is 1. The van der Waals surface area contributed by atoms with Gasteiger partial charge in [0.15, 0.2) is 0 Å². The highest BCUT2D eigenvalue weighted by Gasteiger charge is 2.17. The Morgan fingerprint density at radius 3 is 2.11 bits per heavy atom. The standard InChI is InChI=1S/C16H21NO.C10H13NO3S.2C2H6/c1-5-14-8-6-7-9-15(14)11-13(4)17-16(18)10-12(2)3;1-4-7(12)11-8-6(2)5-15-9(8)10(13)14-3;2*1-2/h5-9,11-12H,1,10H2,2-4H3,(H,17,18);5H,4H2,1-3H3,(H,11,12);2*1-2H3/b13-11+;;;. The van der Waals surface area contributed by atoms with Crippen molar-refractivity contribution in [3.63, 3.8) is 0 Å². The van der Waals surface area contributed by atoms with Crippen LogP contribution in [0.3, 0.4) is 0 Å². The first-order chi connectivity index (χ1) is 17.6. The maximum absolute atomic E-state index is 11.6. The van der Waals surface area contributed by atoms with Gasteiger partial charge in [-0.15, -0.1) is 11.3 Å². The van der Waals surface area contributed by atoms with Crippen LogP contribution in [0.1, 0.15) is 94.6 Å². The van der Waals surface area contributed by atoms with E-state index in [1.165, 1.54) is 18.4 Å². The number of aryl methyl sites for hydroxylation is 1. The van der Waals surface area contributed by atoms with Gasteiger partial charge in [0.1, 0.15) is 4.88 Å². The number of rotatable bonds is 8. The number of allylic oxidation sites excluding steroid dienone is 1. The Morgan fingerprint density at radius 1 is 1.05 bits per heavy atom. The third-order valence-corrected chi connectivity index (χ3v) is 5.53. The highest BCUT2D eigenvalue weighted by molar-refractivity contribution is 7.12. The zero-order valence-corrected chi connectivity index (χ0v) is 25.1. The minimum Gasteiger partial charge on any atom is -0.465 e. The van der Waals surface area contributed by atoms with E-state index in [9.17, 15) is 14.4 Å². The van der Waals surface area contributed by atoms with Crippen molar-refractivity contribution in [3.8, 4) is 0 Å². The van der Waals surface area contributed by atoms with Crippen molar-refractivity contribution in [3.05, 3.63) is 63.5 Å². The number of amides is 2. The van der Waals surface area contributed by atoms with Crippen molar-refractivity contribution in [1.82, 2.24) is 5.32 Å². The average Bonchev–Trinajstić information content (AvgIpc) is 3.25. The van der Waals surface area contributed by atoms with E-state index in [0.29, 0.717) is 29.3 Å². The number of nitrogens with one attached hydrogen (secondary N) is 2. The van der Waals surface area contributed by atoms with Gasteiger partial charge in [-0.05, 0) is 47.9 Å². The first-order valence-electron chi connectivity index (χ1n) is 12.8. The molecule has 0 unspecified atom stereocenters. The second kappa shape index (κ2) is 20.9. The largest absolute Gasteiger partial charge is 0.465 e. The Kier molecular flexibility index (Phi) is 20.4. The van der Waals surface area contributed by atoms with Crippen LogP contribution < -0.4 is 10.6 Å². The van der Waals surface area contributed by atoms with Gasteiger partial charge in [0, 0.05) is 18.5 Å². The maximum Gasteiger partial charge on any atom is 0.350 e. The van der Waals surface area contributed by atoms with Crippen LogP contribution in [0, 0.1) is 12.8 Å². The van der Waals surface area contributed by atoms with E-state index in [4.69, 9.17) is 0 Å². The summed E-state index contributed by atoms with van der Waals surface area (Å²) in [5, 5.41) is 7.41. The van der Waals surface area contributed by atoms with Gasteiger partial charge >= 0.3 is 5.97 Å². The lowest BCUT2D eigenvalue weighted by Crippen LogP contribution is -2.22. The normalized spacial score (nSPS) is 9.86. The molecular formula is C30H46N2O4S. The molecule has 0 radical (unpaired) electrons. The number of benzene rings is 1. The Balaban J connectivity index is 0. The predicted molar refractivity (Wildman–Crippen MR) is 160 cm³/mol. The van der Waals surface area contributed by atoms with Crippen LogP contribution in [0.25, 0.3) is 12.2 Å². The number of hydrogen-bond acceptors (Lipinski definition) is 5. The monoisotopic (exact) mass is 530 g/mol. The highest BCUT2D eigenvalue weighted by Crippen LogP contribution is 2.28. The summed E-state index contributed by atoms with van der Waals surface area (Å²) in [7, 11) is 1.32. The fourth-order valence-corrected chi connectivity index (χ4v) is 3.73. The van der Waals surface area contributed by atoms with Crippen molar-refractivity contribution in [1.29, 1.82) is 0 Å². The molecule has 0 aliphatic heterocycles. The van der Waals surface area contributed by atoms with Gasteiger partial charge in [-0.2, -0.15) is 0 Å². The van der Waals surface area contributed by atoms with Crippen molar-refractivity contribution in [2.45, 2.75) is 75.2 Å². The van der Waals surface area contributed by atoms with E-state index in [-0.39, 0.29) is 11.8 Å². The predicted octanol–water partition coefficient (Wildman–Crippen LogP) is 8.10. The van der Waals surface area contributed by atoms with Crippen LogP contribution in [0.5, 0.6) is 0 Å². The zero-order valence-electron chi connectivity index (χ0n) is 24.3. The van der Waals surface area contributed by atoms with Crippen LogP contribution in [0.2, 0.25) is 0 Å². The number of carbonyl (C=O) groups is 3. The van der Waals surface area contributed by atoms with E-state index >= 15 is 0 Å². The topological polar surface area (TPSA) is 84.5 Å². The fraction of sp³-hybridized carbons (Fsp3) is 0.433. The minimum absolute atomic E-state index is 0.0647.